The Hall–Kier alpha value is -3.93. The van der Waals surface area contributed by atoms with Gasteiger partial charge >= 0.3 is 7.60 Å². The molecule has 0 saturated carbocycles. The van der Waals surface area contributed by atoms with Crippen LogP contribution < -0.4 is 14.4 Å². The van der Waals surface area contributed by atoms with Crippen molar-refractivity contribution in [3.8, 4) is 11.5 Å². The van der Waals surface area contributed by atoms with E-state index in [9.17, 15) is 14.7 Å². The van der Waals surface area contributed by atoms with Crippen molar-refractivity contribution >= 4 is 13.3 Å². The fourth-order valence-corrected chi connectivity index (χ4v) is 5.31. The molecule has 1 unspecified atom stereocenters. The van der Waals surface area contributed by atoms with Crippen molar-refractivity contribution in [2.45, 2.75) is 12.3 Å². The van der Waals surface area contributed by atoms with Crippen LogP contribution in [-0.2, 0) is 11.1 Å². The minimum atomic E-state index is -3.95. The van der Waals surface area contributed by atoms with Gasteiger partial charge in [0.05, 0.1) is 4.92 Å². The summed E-state index contributed by atoms with van der Waals surface area (Å²) in [6.45, 7) is 0.378. The summed E-state index contributed by atoms with van der Waals surface area (Å²) in [5.74, 6) is -0.140. The number of nitro groups is 1. The first kappa shape index (κ1) is 23.2. The molecule has 4 rings (SSSR count). The molecule has 8 heteroatoms. The van der Waals surface area contributed by atoms with Crippen LogP contribution >= 0.6 is 7.60 Å². The maximum absolute atomic E-state index is 14.5. The van der Waals surface area contributed by atoms with Gasteiger partial charge in [0.1, 0.15) is 11.5 Å². The Bertz CT molecular complexity index is 1210. The first-order chi connectivity index (χ1) is 16.5. The second-order valence-electron chi connectivity index (χ2n) is 7.47. The molecule has 172 valence electrons. The maximum atomic E-state index is 14.5. The lowest BCUT2D eigenvalue weighted by molar-refractivity contribution is -0.384. The van der Waals surface area contributed by atoms with E-state index in [-0.39, 0.29) is 5.69 Å². The second-order valence-corrected chi connectivity index (χ2v) is 9.43. The summed E-state index contributed by atoms with van der Waals surface area (Å²) in [5.41, 5.74) is 1.45. The zero-order chi connectivity index (χ0) is 23.8. The second kappa shape index (κ2) is 10.8. The molecule has 0 aliphatic heterocycles. The summed E-state index contributed by atoms with van der Waals surface area (Å²) in [4.78, 5) is 10.7. The van der Waals surface area contributed by atoms with Gasteiger partial charge < -0.3 is 9.05 Å². The highest BCUT2D eigenvalue weighted by atomic mass is 31.2. The quantitative estimate of drug-likeness (QED) is 0.156. The summed E-state index contributed by atoms with van der Waals surface area (Å²) in [6.07, 6.45) is 0. The topological polar surface area (TPSA) is 90.7 Å². The van der Waals surface area contributed by atoms with Crippen LogP contribution in [0.3, 0.4) is 0 Å². The Kier molecular flexibility index (Phi) is 7.38. The molecule has 4 aromatic carbocycles. The SMILES string of the molecule is O=[N+]([O-])c1ccc(C(NCc2ccccc2)P(=O)(Oc2ccccc2)Oc2ccccc2)cc1. The van der Waals surface area contributed by atoms with Crippen molar-refractivity contribution in [2.75, 3.05) is 0 Å². The molecule has 0 spiro atoms. The highest BCUT2D eigenvalue weighted by Gasteiger charge is 2.40. The van der Waals surface area contributed by atoms with E-state index in [0.29, 0.717) is 23.6 Å². The molecule has 0 fully saturated rings. The zero-order valence-corrected chi connectivity index (χ0v) is 19.1. The van der Waals surface area contributed by atoms with Crippen LogP contribution in [0.15, 0.2) is 115 Å². The summed E-state index contributed by atoms with van der Waals surface area (Å²) in [6, 6.07) is 33.1. The molecule has 0 bridgehead atoms. The van der Waals surface area contributed by atoms with Gasteiger partial charge in [-0.3, -0.25) is 15.4 Å². The third-order valence-corrected chi connectivity index (χ3v) is 7.07. The molecule has 1 atom stereocenters. The first-order valence-electron chi connectivity index (χ1n) is 10.6. The third-order valence-electron chi connectivity index (χ3n) is 5.03. The largest absolute Gasteiger partial charge is 0.452 e. The Labute approximate surface area is 197 Å². The lowest BCUT2D eigenvalue weighted by Crippen LogP contribution is -2.25. The fraction of sp³-hybridized carbons (Fsp3) is 0.0769. The van der Waals surface area contributed by atoms with Crippen molar-refractivity contribution in [3.05, 3.63) is 137 Å². The Morgan fingerprint density at radius 3 is 1.68 bits per heavy atom. The van der Waals surface area contributed by atoms with Crippen LogP contribution in [0.1, 0.15) is 16.9 Å². The summed E-state index contributed by atoms with van der Waals surface area (Å²) >= 11 is 0. The summed E-state index contributed by atoms with van der Waals surface area (Å²) in [5, 5.41) is 14.5. The zero-order valence-electron chi connectivity index (χ0n) is 18.2. The average Bonchev–Trinajstić information content (AvgIpc) is 2.86. The number of rotatable bonds is 10. The normalized spacial score (nSPS) is 12.0. The number of hydrogen-bond donors (Lipinski definition) is 1. The van der Waals surface area contributed by atoms with Gasteiger partial charge in [-0.2, -0.15) is 0 Å². The van der Waals surface area contributed by atoms with Crippen molar-refractivity contribution in [1.82, 2.24) is 5.32 Å². The predicted octanol–water partition coefficient (Wildman–Crippen LogP) is 6.73. The van der Waals surface area contributed by atoms with Crippen LogP contribution in [0.5, 0.6) is 11.5 Å². The molecule has 0 saturated heterocycles. The van der Waals surface area contributed by atoms with Gasteiger partial charge in [-0.1, -0.05) is 66.7 Å². The van der Waals surface area contributed by atoms with Crippen LogP contribution in [0.4, 0.5) is 5.69 Å². The van der Waals surface area contributed by atoms with E-state index in [2.05, 4.69) is 5.32 Å². The molecular formula is C26H23N2O5P. The van der Waals surface area contributed by atoms with E-state index in [4.69, 9.17) is 9.05 Å². The molecule has 0 amide bonds. The Balaban J connectivity index is 1.74. The predicted molar refractivity (Wildman–Crippen MR) is 131 cm³/mol. The number of hydrogen-bond acceptors (Lipinski definition) is 6. The minimum absolute atomic E-state index is 0.0617. The molecule has 7 nitrogen and oxygen atoms in total. The van der Waals surface area contributed by atoms with Crippen LogP contribution in [0.25, 0.3) is 0 Å². The first-order valence-corrected chi connectivity index (χ1v) is 12.3. The smallest absolute Gasteiger partial charge is 0.415 e. The number of para-hydroxylation sites is 2. The van der Waals surface area contributed by atoms with Gasteiger partial charge in [-0.25, -0.2) is 4.57 Å². The molecule has 0 radical (unpaired) electrons. The molecule has 0 heterocycles. The lowest BCUT2D eigenvalue weighted by atomic mass is 10.2. The molecule has 0 aromatic heterocycles. The van der Waals surface area contributed by atoms with E-state index in [1.165, 1.54) is 12.1 Å². The number of nitrogens with one attached hydrogen (secondary N) is 1. The summed E-state index contributed by atoms with van der Waals surface area (Å²) < 4.78 is 26.5. The highest BCUT2D eigenvalue weighted by molar-refractivity contribution is 7.55. The number of nitrogens with zero attached hydrogens (tertiary/aromatic N) is 1. The monoisotopic (exact) mass is 474 g/mol. The van der Waals surface area contributed by atoms with Crippen molar-refractivity contribution in [1.29, 1.82) is 0 Å². The Morgan fingerprint density at radius 1 is 0.735 bits per heavy atom. The maximum Gasteiger partial charge on any atom is 0.452 e. The summed E-state index contributed by atoms with van der Waals surface area (Å²) in [7, 11) is -3.95. The fourth-order valence-electron chi connectivity index (χ4n) is 3.38. The number of non-ortho nitro benzene ring substituents is 1. The van der Waals surface area contributed by atoms with Gasteiger partial charge in [0.25, 0.3) is 5.69 Å². The van der Waals surface area contributed by atoms with Crippen molar-refractivity contribution < 1.29 is 18.5 Å². The van der Waals surface area contributed by atoms with Gasteiger partial charge in [-0.15, -0.1) is 0 Å². The van der Waals surface area contributed by atoms with E-state index in [1.54, 1.807) is 60.7 Å². The van der Waals surface area contributed by atoms with Gasteiger partial charge in [0, 0.05) is 18.7 Å². The van der Waals surface area contributed by atoms with E-state index < -0.39 is 18.3 Å². The van der Waals surface area contributed by atoms with E-state index >= 15 is 0 Å². The van der Waals surface area contributed by atoms with Crippen LogP contribution in [0.2, 0.25) is 0 Å². The van der Waals surface area contributed by atoms with Crippen molar-refractivity contribution in [2.24, 2.45) is 0 Å². The van der Waals surface area contributed by atoms with Crippen LogP contribution in [0, 0.1) is 10.1 Å². The van der Waals surface area contributed by atoms with Gasteiger partial charge in [0.15, 0.2) is 5.78 Å². The minimum Gasteiger partial charge on any atom is -0.415 e. The molecule has 34 heavy (non-hydrogen) atoms. The molecule has 0 aliphatic carbocycles. The highest BCUT2D eigenvalue weighted by Crippen LogP contribution is 2.59. The van der Waals surface area contributed by atoms with E-state index in [0.717, 1.165) is 5.56 Å². The standard InChI is InChI=1S/C26H23N2O5P/c29-28(30)23-18-16-22(17-19-23)26(27-20-21-10-4-1-5-11-21)34(31,32-24-12-6-2-7-13-24)33-25-14-8-3-9-15-25/h1-19,26-27H,20H2. The van der Waals surface area contributed by atoms with E-state index in [1.807, 2.05) is 42.5 Å². The van der Waals surface area contributed by atoms with Crippen molar-refractivity contribution in [3.63, 3.8) is 0 Å². The number of benzene rings is 4. The molecule has 1 N–H and O–H groups in total. The molecule has 4 aromatic rings. The average molecular weight is 474 g/mol. The number of nitro benzene ring substituents is 1. The van der Waals surface area contributed by atoms with Gasteiger partial charge in [-0.05, 0) is 47.5 Å². The third kappa shape index (κ3) is 5.90. The van der Waals surface area contributed by atoms with Gasteiger partial charge in [0.2, 0.25) is 0 Å². The molecule has 0 aliphatic rings. The van der Waals surface area contributed by atoms with Crippen LogP contribution in [-0.4, -0.2) is 4.92 Å². The molecular weight excluding hydrogens is 451 g/mol. The lowest BCUT2D eigenvalue weighted by Gasteiger charge is -2.28. The Morgan fingerprint density at radius 2 is 1.21 bits per heavy atom.